The van der Waals surface area contributed by atoms with Gasteiger partial charge in [-0.1, -0.05) is 24.3 Å². The van der Waals surface area contributed by atoms with Crippen molar-refractivity contribution in [1.82, 2.24) is 4.90 Å². The Morgan fingerprint density at radius 3 is 2.26 bits per heavy atom. The van der Waals surface area contributed by atoms with Gasteiger partial charge in [0.25, 0.3) is 5.91 Å². The van der Waals surface area contributed by atoms with Gasteiger partial charge in [-0.2, -0.15) is 0 Å². The number of hydrogen-bond acceptors (Lipinski definition) is 5. The van der Waals surface area contributed by atoms with E-state index in [2.05, 4.69) is 0 Å². The van der Waals surface area contributed by atoms with Gasteiger partial charge in [0.1, 0.15) is 5.75 Å². The van der Waals surface area contributed by atoms with Crippen molar-refractivity contribution in [1.29, 1.82) is 0 Å². The maximum absolute atomic E-state index is 12.4. The van der Waals surface area contributed by atoms with Crippen LogP contribution in [0, 0.1) is 0 Å². The molecule has 0 fully saturated rings. The molecule has 0 aliphatic rings. The summed E-state index contributed by atoms with van der Waals surface area (Å²) in [4.78, 5) is 14.0. The number of methoxy groups -OCH3 is 3. The van der Waals surface area contributed by atoms with Crippen molar-refractivity contribution in [3.05, 3.63) is 48.5 Å². The Balaban J connectivity index is 2.10. The molecule has 0 unspecified atom stereocenters. The minimum atomic E-state index is -0.0756. The molecular weight excluding hydrogens is 394 g/mol. The van der Waals surface area contributed by atoms with E-state index in [4.69, 9.17) is 18.9 Å². The first-order valence-electron chi connectivity index (χ1n) is 10.1. The first kappa shape index (κ1) is 22.3. The van der Waals surface area contributed by atoms with Gasteiger partial charge in [0.05, 0.1) is 21.3 Å². The lowest BCUT2D eigenvalue weighted by Gasteiger charge is -2.22. The monoisotopic (exact) mass is 423 g/mol. The van der Waals surface area contributed by atoms with Crippen molar-refractivity contribution in [2.75, 3.05) is 35.0 Å². The van der Waals surface area contributed by atoms with Crippen LogP contribution in [0.3, 0.4) is 0 Å². The zero-order valence-corrected chi connectivity index (χ0v) is 18.9. The Labute approximate surface area is 183 Å². The number of carbonyl (C=O) groups is 1. The molecule has 31 heavy (non-hydrogen) atoms. The van der Waals surface area contributed by atoms with Crippen LogP contribution in [0.25, 0.3) is 21.9 Å². The number of hydrogen-bond donors (Lipinski definition) is 0. The molecule has 0 N–H and O–H groups in total. The standard InChI is InChI=1S/C25H29NO5/c1-16(2)26(3)23(27)15-31-18-13-17-9-7-8-10-19(17)21(14-18)20-11-12-22(28-4)25(30-6)24(20)29-5/h7-14,16H,15H2,1-6H3. The fourth-order valence-corrected chi connectivity index (χ4v) is 3.44. The summed E-state index contributed by atoms with van der Waals surface area (Å²) in [6.07, 6.45) is 0. The molecule has 0 saturated heterocycles. The maximum Gasteiger partial charge on any atom is 0.260 e. The number of nitrogens with zero attached hydrogens (tertiary/aromatic N) is 1. The number of ether oxygens (including phenoxy) is 4. The van der Waals surface area contributed by atoms with Crippen LogP contribution in [-0.4, -0.2) is 51.8 Å². The lowest BCUT2D eigenvalue weighted by atomic mass is 9.96. The second-order valence-corrected chi connectivity index (χ2v) is 7.46. The van der Waals surface area contributed by atoms with E-state index >= 15 is 0 Å². The molecule has 6 nitrogen and oxygen atoms in total. The molecule has 0 radical (unpaired) electrons. The van der Waals surface area contributed by atoms with E-state index < -0.39 is 0 Å². The number of benzene rings is 3. The molecule has 0 spiro atoms. The van der Waals surface area contributed by atoms with E-state index in [1.54, 1.807) is 33.3 Å². The molecule has 3 aromatic rings. The lowest BCUT2D eigenvalue weighted by molar-refractivity contribution is -0.133. The highest BCUT2D eigenvalue weighted by Gasteiger charge is 2.20. The summed E-state index contributed by atoms with van der Waals surface area (Å²) in [7, 11) is 6.55. The van der Waals surface area contributed by atoms with Gasteiger partial charge in [-0.15, -0.1) is 0 Å². The second kappa shape index (κ2) is 9.60. The van der Waals surface area contributed by atoms with Crippen LogP contribution in [-0.2, 0) is 4.79 Å². The summed E-state index contributed by atoms with van der Waals surface area (Å²) in [6, 6.07) is 15.8. The SMILES string of the molecule is COc1ccc(-c2cc(OCC(=O)N(C)C(C)C)cc3ccccc23)c(OC)c1OC. The number of fused-ring (bicyclic) bond motifs is 1. The smallest absolute Gasteiger partial charge is 0.260 e. The molecule has 164 valence electrons. The van der Waals surface area contributed by atoms with Crippen LogP contribution < -0.4 is 18.9 Å². The Bertz CT molecular complexity index is 1080. The molecule has 0 aliphatic carbocycles. The third-order valence-electron chi connectivity index (χ3n) is 5.36. The third kappa shape index (κ3) is 4.53. The summed E-state index contributed by atoms with van der Waals surface area (Å²) in [5, 5.41) is 2.03. The topological polar surface area (TPSA) is 57.2 Å². The van der Waals surface area contributed by atoms with Gasteiger partial charge in [-0.25, -0.2) is 0 Å². The highest BCUT2D eigenvalue weighted by molar-refractivity contribution is 6.00. The molecule has 0 aromatic heterocycles. The van der Waals surface area contributed by atoms with Crippen molar-refractivity contribution in [2.24, 2.45) is 0 Å². The number of likely N-dealkylation sites (N-methyl/N-ethyl adjacent to an activating group) is 1. The number of carbonyl (C=O) groups excluding carboxylic acids is 1. The van der Waals surface area contributed by atoms with E-state index in [9.17, 15) is 4.79 Å². The average Bonchev–Trinajstić information content (AvgIpc) is 2.80. The lowest BCUT2D eigenvalue weighted by Crippen LogP contribution is -2.36. The van der Waals surface area contributed by atoms with Crippen LogP contribution in [0.1, 0.15) is 13.8 Å². The first-order valence-corrected chi connectivity index (χ1v) is 10.1. The largest absolute Gasteiger partial charge is 0.493 e. The average molecular weight is 424 g/mol. The Morgan fingerprint density at radius 1 is 0.903 bits per heavy atom. The molecule has 0 saturated carbocycles. The normalized spacial score (nSPS) is 10.8. The van der Waals surface area contributed by atoms with Gasteiger partial charge in [-0.3, -0.25) is 4.79 Å². The van der Waals surface area contributed by atoms with E-state index in [-0.39, 0.29) is 18.6 Å². The molecule has 0 atom stereocenters. The molecular formula is C25H29NO5. The van der Waals surface area contributed by atoms with E-state index in [1.165, 1.54) is 0 Å². The Kier molecular flexibility index (Phi) is 6.90. The highest BCUT2D eigenvalue weighted by atomic mass is 16.5. The van der Waals surface area contributed by atoms with Crippen molar-refractivity contribution in [2.45, 2.75) is 19.9 Å². The molecule has 0 heterocycles. The summed E-state index contributed by atoms with van der Waals surface area (Å²) in [5.74, 6) is 2.21. The molecule has 3 aromatic carbocycles. The van der Waals surface area contributed by atoms with Crippen molar-refractivity contribution in [3.63, 3.8) is 0 Å². The summed E-state index contributed by atoms with van der Waals surface area (Å²) < 4.78 is 22.6. The zero-order valence-electron chi connectivity index (χ0n) is 18.9. The van der Waals surface area contributed by atoms with Crippen molar-refractivity contribution >= 4 is 16.7 Å². The van der Waals surface area contributed by atoms with Crippen LogP contribution >= 0.6 is 0 Å². The van der Waals surface area contributed by atoms with Gasteiger partial charge in [0, 0.05) is 18.7 Å². The molecule has 3 rings (SSSR count). The molecule has 0 bridgehead atoms. The second-order valence-electron chi connectivity index (χ2n) is 7.46. The van der Waals surface area contributed by atoms with E-state index in [0.717, 1.165) is 21.9 Å². The van der Waals surface area contributed by atoms with Gasteiger partial charge in [0.15, 0.2) is 18.1 Å². The fraction of sp³-hybridized carbons (Fsp3) is 0.320. The van der Waals surface area contributed by atoms with Gasteiger partial charge in [-0.05, 0) is 54.4 Å². The minimum Gasteiger partial charge on any atom is -0.493 e. The van der Waals surface area contributed by atoms with Gasteiger partial charge < -0.3 is 23.8 Å². The van der Waals surface area contributed by atoms with Gasteiger partial charge in [0.2, 0.25) is 5.75 Å². The Hall–Kier alpha value is -3.41. The van der Waals surface area contributed by atoms with Crippen LogP contribution in [0.2, 0.25) is 0 Å². The summed E-state index contributed by atoms with van der Waals surface area (Å²) >= 11 is 0. The quantitative estimate of drug-likeness (QED) is 0.522. The van der Waals surface area contributed by atoms with Gasteiger partial charge >= 0.3 is 0 Å². The van der Waals surface area contributed by atoms with Crippen LogP contribution in [0.5, 0.6) is 23.0 Å². The predicted octanol–water partition coefficient (Wildman–Crippen LogP) is 4.78. The van der Waals surface area contributed by atoms with E-state index in [1.807, 2.05) is 62.4 Å². The summed E-state index contributed by atoms with van der Waals surface area (Å²) in [5.41, 5.74) is 1.75. The Morgan fingerprint density at radius 2 is 1.61 bits per heavy atom. The number of amides is 1. The van der Waals surface area contributed by atoms with E-state index in [0.29, 0.717) is 23.0 Å². The molecule has 6 heteroatoms. The maximum atomic E-state index is 12.4. The van der Waals surface area contributed by atoms with Crippen molar-refractivity contribution < 1.29 is 23.7 Å². The molecule has 1 amide bonds. The fourth-order valence-electron chi connectivity index (χ4n) is 3.44. The predicted molar refractivity (Wildman–Crippen MR) is 122 cm³/mol. The third-order valence-corrected chi connectivity index (χ3v) is 5.36. The van der Waals surface area contributed by atoms with Crippen molar-refractivity contribution in [3.8, 4) is 34.1 Å². The molecule has 0 aliphatic heterocycles. The number of rotatable bonds is 8. The zero-order chi connectivity index (χ0) is 22.5. The first-order chi connectivity index (χ1) is 14.9. The van der Waals surface area contributed by atoms with Crippen LogP contribution in [0.4, 0.5) is 0 Å². The summed E-state index contributed by atoms with van der Waals surface area (Å²) in [6.45, 7) is 3.90. The minimum absolute atomic E-state index is 0.0322. The van der Waals surface area contributed by atoms with Crippen LogP contribution in [0.15, 0.2) is 48.5 Å². The highest BCUT2D eigenvalue weighted by Crippen LogP contribution is 2.46.